The van der Waals surface area contributed by atoms with Gasteiger partial charge in [-0.2, -0.15) is 0 Å². The van der Waals surface area contributed by atoms with Crippen LogP contribution in [0.3, 0.4) is 0 Å². The fourth-order valence-electron chi connectivity index (χ4n) is 2.56. The lowest BCUT2D eigenvalue weighted by Gasteiger charge is -2.16. The van der Waals surface area contributed by atoms with Crippen LogP contribution in [-0.2, 0) is 0 Å². The summed E-state index contributed by atoms with van der Waals surface area (Å²) in [6.07, 6.45) is 1.61. The lowest BCUT2D eigenvalue weighted by Crippen LogP contribution is -2.19. The van der Waals surface area contributed by atoms with E-state index < -0.39 is 0 Å². The Morgan fingerprint density at radius 3 is 2.83 bits per heavy atom. The van der Waals surface area contributed by atoms with Crippen LogP contribution in [0.4, 0.5) is 5.69 Å². The van der Waals surface area contributed by atoms with Crippen LogP contribution in [0.1, 0.15) is 16.1 Å². The minimum absolute atomic E-state index is 0.206. The van der Waals surface area contributed by atoms with E-state index in [0.29, 0.717) is 5.69 Å². The average Bonchev–Trinajstić information content (AvgIpc) is 3.20. The Morgan fingerprint density at radius 1 is 1.17 bits per heavy atom. The van der Waals surface area contributed by atoms with E-state index in [4.69, 9.17) is 0 Å². The number of nitrogens with zero attached hydrogens (tertiary/aromatic N) is 3. The van der Waals surface area contributed by atoms with E-state index >= 15 is 0 Å². The Balaban J connectivity index is 1.48. The SMILES string of the molecule is O=C(Nc1ccc(C2=CSC3=NCCN23)cc1)c1ccccn1. The molecule has 0 atom stereocenters. The quantitative estimate of drug-likeness (QED) is 0.943. The molecule has 1 N–H and O–H groups in total. The van der Waals surface area contributed by atoms with Gasteiger partial charge in [-0.05, 0) is 29.8 Å². The van der Waals surface area contributed by atoms with Crippen molar-refractivity contribution in [2.24, 2.45) is 4.99 Å². The molecule has 1 aromatic carbocycles. The van der Waals surface area contributed by atoms with Gasteiger partial charge in [0.25, 0.3) is 5.91 Å². The van der Waals surface area contributed by atoms with Crippen LogP contribution in [-0.4, -0.2) is 34.0 Å². The molecule has 1 aromatic heterocycles. The number of aromatic nitrogens is 1. The first-order chi connectivity index (χ1) is 11.3. The summed E-state index contributed by atoms with van der Waals surface area (Å²) in [5.41, 5.74) is 3.46. The third-order valence-electron chi connectivity index (χ3n) is 3.70. The van der Waals surface area contributed by atoms with Gasteiger partial charge in [0, 0.05) is 23.8 Å². The number of amides is 1. The number of fused-ring (bicyclic) bond motifs is 1. The number of hydrogen-bond donors (Lipinski definition) is 1. The lowest BCUT2D eigenvalue weighted by molar-refractivity contribution is 0.102. The van der Waals surface area contributed by atoms with E-state index in [0.717, 1.165) is 29.5 Å². The Bertz CT molecular complexity index is 799. The van der Waals surface area contributed by atoms with Crippen LogP contribution in [0.5, 0.6) is 0 Å². The number of pyridine rings is 1. The highest BCUT2D eigenvalue weighted by Crippen LogP contribution is 2.35. The predicted molar refractivity (Wildman–Crippen MR) is 93.2 cm³/mol. The third-order valence-corrected chi connectivity index (χ3v) is 4.61. The molecule has 4 rings (SSSR count). The zero-order chi connectivity index (χ0) is 15.6. The molecule has 0 saturated heterocycles. The molecule has 3 heterocycles. The van der Waals surface area contributed by atoms with Gasteiger partial charge in [0.05, 0.1) is 12.2 Å². The molecule has 114 valence electrons. The van der Waals surface area contributed by atoms with Crippen molar-refractivity contribution < 1.29 is 4.79 Å². The summed E-state index contributed by atoms with van der Waals surface area (Å²) >= 11 is 1.66. The number of hydrogen-bond acceptors (Lipinski definition) is 5. The van der Waals surface area contributed by atoms with Gasteiger partial charge in [-0.1, -0.05) is 30.0 Å². The molecule has 0 fully saturated rings. The van der Waals surface area contributed by atoms with Crippen molar-refractivity contribution in [1.82, 2.24) is 9.88 Å². The first-order valence-corrected chi connectivity index (χ1v) is 8.21. The Morgan fingerprint density at radius 2 is 2.04 bits per heavy atom. The minimum atomic E-state index is -0.206. The molecule has 5 nitrogen and oxygen atoms in total. The van der Waals surface area contributed by atoms with E-state index in [-0.39, 0.29) is 5.91 Å². The Labute approximate surface area is 138 Å². The van der Waals surface area contributed by atoms with Crippen LogP contribution >= 0.6 is 11.8 Å². The molecule has 23 heavy (non-hydrogen) atoms. The monoisotopic (exact) mass is 322 g/mol. The molecule has 0 aliphatic carbocycles. The molecule has 2 aromatic rings. The number of thioether (sulfide) groups is 1. The van der Waals surface area contributed by atoms with Gasteiger partial charge in [-0.25, -0.2) is 0 Å². The van der Waals surface area contributed by atoms with Crippen LogP contribution in [0.25, 0.3) is 5.70 Å². The molecule has 0 bridgehead atoms. The van der Waals surface area contributed by atoms with Crippen LogP contribution < -0.4 is 5.32 Å². The van der Waals surface area contributed by atoms with Gasteiger partial charge >= 0.3 is 0 Å². The topological polar surface area (TPSA) is 57.6 Å². The standard InChI is InChI=1S/C17H14N4OS/c22-16(14-3-1-2-8-18-14)20-13-6-4-12(5-7-13)15-11-23-17-19-9-10-21(15)17/h1-8,11H,9-10H2,(H,20,22). The molecular formula is C17H14N4OS. The fraction of sp³-hybridized carbons (Fsp3) is 0.118. The first-order valence-electron chi connectivity index (χ1n) is 7.33. The second-order valence-electron chi connectivity index (χ2n) is 5.18. The smallest absolute Gasteiger partial charge is 0.274 e. The van der Waals surface area contributed by atoms with Crippen molar-refractivity contribution in [3.63, 3.8) is 0 Å². The molecule has 1 amide bonds. The van der Waals surface area contributed by atoms with Crippen molar-refractivity contribution >= 4 is 34.2 Å². The molecule has 0 unspecified atom stereocenters. The summed E-state index contributed by atoms with van der Waals surface area (Å²) in [5, 5.41) is 6.06. The minimum Gasteiger partial charge on any atom is -0.321 e. The fourth-order valence-corrected chi connectivity index (χ4v) is 3.53. The summed E-state index contributed by atoms with van der Waals surface area (Å²) in [6, 6.07) is 13.1. The average molecular weight is 322 g/mol. The van der Waals surface area contributed by atoms with Crippen molar-refractivity contribution in [3.05, 3.63) is 65.3 Å². The maximum atomic E-state index is 12.1. The second-order valence-corrected chi connectivity index (χ2v) is 6.02. The number of carbonyl (C=O) groups excluding carboxylic acids is 1. The second kappa shape index (κ2) is 5.89. The number of benzene rings is 1. The molecule has 0 radical (unpaired) electrons. The number of amidine groups is 1. The van der Waals surface area contributed by atoms with Gasteiger partial charge in [-0.15, -0.1) is 0 Å². The van der Waals surface area contributed by atoms with Gasteiger partial charge in [0.1, 0.15) is 5.69 Å². The van der Waals surface area contributed by atoms with Crippen LogP contribution in [0, 0.1) is 0 Å². The molecule has 2 aliphatic rings. The van der Waals surface area contributed by atoms with E-state index in [1.54, 1.807) is 36.2 Å². The van der Waals surface area contributed by atoms with Crippen LogP contribution in [0.15, 0.2) is 59.1 Å². The van der Waals surface area contributed by atoms with E-state index in [9.17, 15) is 4.79 Å². The third kappa shape index (κ3) is 2.73. The summed E-state index contributed by atoms with van der Waals surface area (Å²) in [4.78, 5) is 22.8. The normalized spacial score (nSPS) is 15.9. The zero-order valence-corrected chi connectivity index (χ0v) is 13.1. The van der Waals surface area contributed by atoms with Gasteiger partial charge < -0.3 is 10.2 Å². The highest BCUT2D eigenvalue weighted by Gasteiger charge is 2.26. The number of anilines is 1. The van der Waals surface area contributed by atoms with Crippen LogP contribution in [0.2, 0.25) is 0 Å². The van der Waals surface area contributed by atoms with E-state index in [2.05, 4.69) is 25.6 Å². The van der Waals surface area contributed by atoms with E-state index in [1.165, 1.54) is 5.70 Å². The van der Waals surface area contributed by atoms with E-state index in [1.807, 2.05) is 24.3 Å². The molecule has 2 aliphatic heterocycles. The van der Waals surface area contributed by atoms with Crippen molar-refractivity contribution in [1.29, 1.82) is 0 Å². The largest absolute Gasteiger partial charge is 0.321 e. The molecule has 0 spiro atoms. The number of carbonyl (C=O) groups is 1. The van der Waals surface area contributed by atoms with Crippen molar-refractivity contribution in [3.8, 4) is 0 Å². The summed E-state index contributed by atoms with van der Waals surface area (Å²) < 4.78 is 0. The van der Waals surface area contributed by atoms with Crippen molar-refractivity contribution in [2.45, 2.75) is 0 Å². The Hall–Kier alpha value is -2.60. The zero-order valence-electron chi connectivity index (χ0n) is 12.3. The highest BCUT2D eigenvalue weighted by atomic mass is 32.2. The maximum Gasteiger partial charge on any atom is 0.274 e. The summed E-state index contributed by atoms with van der Waals surface area (Å²) in [5.74, 6) is -0.206. The molecular weight excluding hydrogens is 308 g/mol. The number of rotatable bonds is 3. The van der Waals surface area contributed by atoms with Gasteiger partial charge in [0.2, 0.25) is 0 Å². The number of nitrogens with one attached hydrogen (secondary N) is 1. The van der Waals surface area contributed by atoms with Gasteiger partial charge in [-0.3, -0.25) is 14.8 Å². The van der Waals surface area contributed by atoms with Crippen molar-refractivity contribution in [2.75, 3.05) is 18.4 Å². The highest BCUT2D eigenvalue weighted by molar-refractivity contribution is 8.16. The molecule has 0 saturated carbocycles. The lowest BCUT2D eigenvalue weighted by atomic mass is 10.1. The summed E-state index contributed by atoms with van der Waals surface area (Å²) in [7, 11) is 0. The molecule has 6 heteroatoms. The predicted octanol–water partition coefficient (Wildman–Crippen LogP) is 3.05. The van der Waals surface area contributed by atoms with Gasteiger partial charge in [0.15, 0.2) is 5.17 Å². The number of aliphatic imine (C=N–C) groups is 1. The first kappa shape index (κ1) is 14.0. The Kier molecular flexibility index (Phi) is 3.59. The maximum absolute atomic E-state index is 12.1. The summed E-state index contributed by atoms with van der Waals surface area (Å²) in [6.45, 7) is 1.80.